The van der Waals surface area contributed by atoms with E-state index in [4.69, 9.17) is 4.42 Å². The van der Waals surface area contributed by atoms with Gasteiger partial charge < -0.3 is 9.52 Å². The van der Waals surface area contributed by atoms with Crippen LogP contribution in [0.15, 0.2) is 35.5 Å². The molecule has 0 saturated heterocycles. The largest absolute Gasteiger partial charge is 0.478 e. The molecule has 0 spiro atoms. The predicted molar refractivity (Wildman–Crippen MR) is 69.4 cm³/mol. The van der Waals surface area contributed by atoms with Crippen molar-refractivity contribution in [1.82, 2.24) is 0 Å². The molecule has 2 atom stereocenters. The summed E-state index contributed by atoms with van der Waals surface area (Å²) in [5.41, 5.74) is 2.15. The summed E-state index contributed by atoms with van der Waals surface area (Å²) >= 11 is 0. The Balaban J connectivity index is 2.46. The minimum Gasteiger partial charge on any atom is -0.478 e. The Morgan fingerprint density at radius 1 is 1.67 bits per heavy atom. The van der Waals surface area contributed by atoms with Crippen LogP contribution in [0.5, 0.6) is 0 Å². The second kappa shape index (κ2) is 4.16. The molecule has 0 bridgehead atoms. The van der Waals surface area contributed by atoms with E-state index < -0.39 is 5.97 Å². The lowest BCUT2D eigenvalue weighted by Gasteiger charge is -2.38. The standard InChI is InChI=1S/C15H18O3/c1-5-15(4)7-13-11(9(2)8-18-13)6-12(15)10(3)14(16)17/h5,8,12H,1,3,6-7H2,2,4H3,(H,16,17)/t12-,15+/m0/s1. The van der Waals surface area contributed by atoms with Gasteiger partial charge in [-0.2, -0.15) is 0 Å². The first-order chi connectivity index (χ1) is 8.39. The van der Waals surface area contributed by atoms with Gasteiger partial charge in [-0.1, -0.05) is 19.6 Å². The van der Waals surface area contributed by atoms with Gasteiger partial charge in [0.05, 0.1) is 6.26 Å². The van der Waals surface area contributed by atoms with Crippen LogP contribution >= 0.6 is 0 Å². The molecule has 96 valence electrons. The maximum atomic E-state index is 11.2. The third kappa shape index (κ3) is 1.80. The van der Waals surface area contributed by atoms with Crippen molar-refractivity contribution in [3.8, 4) is 0 Å². The molecule has 0 aromatic carbocycles. The summed E-state index contributed by atoms with van der Waals surface area (Å²) in [6, 6.07) is 0. The zero-order chi connectivity index (χ0) is 13.5. The quantitative estimate of drug-likeness (QED) is 0.658. The molecular formula is C15H18O3. The third-order valence-corrected chi connectivity index (χ3v) is 4.10. The molecule has 1 N–H and O–H groups in total. The van der Waals surface area contributed by atoms with Crippen molar-refractivity contribution in [2.24, 2.45) is 11.3 Å². The van der Waals surface area contributed by atoms with Crippen molar-refractivity contribution in [2.75, 3.05) is 0 Å². The molecule has 0 aliphatic heterocycles. The molecule has 18 heavy (non-hydrogen) atoms. The normalized spacial score (nSPS) is 26.4. The fourth-order valence-electron chi connectivity index (χ4n) is 2.74. The van der Waals surface area contributed by atoms with Crippen molar-refractivity contribution in [3.63, 3.8) is 0 Å². The van der Waals surface area contributed by atoms with E-state index in [1.807, 2.05) is 19.9 Å². The topological polar surface area (TPSA) is 50.4 Å². The van der Waals surface area contributed by atoms with Gasteiger partial charge in [0.15, 0.2) is 0 Å². The minimum absolute atomic E-state index is 0.128. The molecule has 1 aliphatic carbocycles. The van der Waals surface area contributed by atoms with Crippen molar-refractivity contribution >= 4 is 5.97 Å². The number of carboxylic acids is 1. The number of aliphatic carboxylic acids is 1. The lowest BCUT2D eigenvalue weighted by atomic mass is 9.64. The Bertz CT molecular complexity index is 524. The maximum absolute atomic E-state index is 11.2. The van der Waals surface area contributed by atoms with Gasteiger partial charge in [0.2, 0.25) is 0 Å². The van der Waals surface area contributed by atoms with Crippen LogP contribution in [-0.4, -0.2) is 11.1 Å². The zero-order valence-corrected chi connectivity index (χ0v) is 10.8. The van der Waals surface area contributed by atoms with Gasteiger partial charge in [0.25, 0.3) is 0 Å². The number of fused-ring (bicyclic) bond motifs is 1. The van der Waals surface area contributed by atoms with Crippen LogP contribution in [0.4, 0.5) is 0 Å². The van der Waals surface area contributed by atoms with Crippen molar-refractivity contribution in [2.45, 2.75) is 26.7 Å². The fourth-order valence-corrected chi connectivity index (χ4v) is 2.74. The summed E-state index contributed by atoms with van der Waals surface area (Å²) in [6.45, 7) is 11.6. The van der Waals surface area contributed by atoms with Crippen LogP contribution in [0.2, 0.25) is 0 Å². The highest BCUT2D eigenvalue weighted by molar-refractivity contribution is 5.86. The van der Waals surface area contributed by atoms with E-state index in [2.05, 4.69) is 13.2 Å². The van der Waals surface area contributed by atoms with Crippen molar-refractivity contribution in [1.29, 1.82) is 0 Å². The first-order valence-corrected chi connectivity index (χ1v) is 6.00. The first-order valence-electron chi connectivity index (χ1n) is 6.00. The van der Waals surface area contributed by atoms with Crippen LogP contribution in [0.1, 0.15) is 23.8 Å². The van der Waals surface area contributed by atoms with Crippen LogP contribution in [0.25, 0.3) is 0 Å². The second-order valence-electron chi connectivity index (χ2n) is 5.29. The van der Waals surface area contributed by atoms with E-state index in [-0.39, 0.29) is 16.9 Å². The number of allylic oxidation sites excluding steroid dienone is 1. The highest BCUT2D eigenvalue weighted by Gasteiger charge is 2.41. The molecule has 0 fully saturated rings. The van der Waals surface area contributed by atoms with E-state index in [9.17, 15) is 9.90 Å². The van der Waals surface area contributed by atoms with E-state index >= 15 is 0 Å². The predicted octanol–water partition coefficient (Wildman–Crippen LogP) is 3.14. The third-order valence-electron chi connectivity index (χ3n) is 4.10. The second-order valence-corrected chi connectivity index (χ2v) is 5.29. The van der Waals surface area contributed by atoms with Gasteiger partial charge in [0, 0.05) is 17.9 Å². The van der Waals surface area contributed by atoms with Crippen LogP contribution in [0.3, 0.4) is 0 Å². The molecule has 1 aliphatic rings. The lowest BCUT2D eigenvalue weighted by molar-refractivity contribution is -0.133. The molecule has 0 unspecified atom stereocenters. The molecular weight excluding hydrogens is 228 g/mol. The number of hydrogen-bond acceptors (Lipinski definition) is 2. The Morgan fingerprint density at radius 2 is 2.33 bits per heavy atom. The Labute approximate surface area is 107 Å². The summed E-state index contributed by atoms with van der Waals surface area (Å²) in [6.07, 6.45) is 4.90. The summed E-state index contributed by atoms with van der Waals surface area (Å²) in [7, 11) is 0. The van der Waals surface area contributed by atoms with Crippen LogP contribution < -0.4 is 0 Å². The van der Waals surface area contributed by atoms with Gasteiger partial charge >= 0.3 is 5.97 Å². The average Bonchev–Trinajstić information content (AvgIpc) is 2.68. The van der Waals surface area contributed by atoms with Gasteiger partial charge in [-0.05, 0) is 29.9 Å². The van der Waals surface area contributed by atoms with Gasteiger partial charge in [-0.3, -0.25) is 0 Å². The Kier molecular flexibility index (Phi) is 2.93. The van der Waals surface area contributed by atoms with Gasteiger partial charge in [-0.15, -0.1) is 6.58 Å². The SMILES string of the molecule is C=C[C@]1(C)Cc2occ(C)c2C[C@H]1C(=C)C(=O)O. The zero-order valence-electron chi connectivity index (χ0n) is 10.8. The molecule has 0 radical (unpaired) electrons. The molecule has 0 amide bonds. The van der Waals surface area contributed by atoms with Crippen LogP contribution in [0, 0.1) is 18.3 Å². The fraction of sp³-hybridized carbons (Fsp3) is 0.400. The highest BCUT2D eigenvalue weighted by Crippen LogP contribution is 2.45. The van der Waals surface area contributed by atoms with E-state index in [0.717, 1.165) is 16.9 Å². The average molecular weight is 246 g/mol. The van der Waals surface area contributed by atoms with E-state index in [1.165, 1.54) is 0 Å². The first kappa shape index (κ1) is 12.7. The summed E-state index contributed by atoms with van der Waals surface area (Å²) in [5, 5.41) is 9.17. The molecule has 1 aromatic rings. The lowest BCUT2D eigenvalue weighted by Crippen LogP contribution is -2.36. The highest BCUT2D eigenvalue weighted by atomic mass is 16.4. The van der Waals surface area contributed by atoms with Crippen LogP contribution in [-0.2, 0) is 17.6 Å². The summed E-state index contributed by atoms with van der Waals surface area (Å²) in [4.78, 5) is 11.2. The molecule has 3 nitrogen and oxygen atoms in total. The Hall–Kier alpha value is -1.77. The number of carbonyl (C=O) groups is 1. The van der Waals surface area contributed by atoms with E-state index in [0.29, 0.717) is 12.8 Å². The number of rotatable bonds is 3. The molecule has 0 saturated carbocycles. The number of aryl methyl sites for hydroxylation is 1. The number of hydrogen-bond donors (Lipinski definition) is 1. The van der Waals surface area contributed by atoms with E-state index in [1.54, 1.807) is 6.26 Å². The monoisotopic (exact) mass is 246 g/mol. The Morgan fingerprint density at radius 3 is 2.89 bits per heavy atom. The number of carboxylic acid groups (broad SMARTS) is 1. The van der Waals surface area contributed by atoms with Gasteiger partial charge in [0.1, 0.15) is 5.76 Å². The summed E-state index contributed by atoms with van der Waals surface area (Å²) < 4.78 is 5.55. The molecule has 3 heteroatoms. The van der Waals surface area contributed by atoms with Crippen molar-refractivity contribution in [3.05, 3.63) is 48.0 Å². The maximum Gasteiger partial charge on any atom is 0.331 e. The molecule has 1 heterocycles. The summed E-state index contributed by atoms with van der Waals surface area (Å²) in [5.74, 6) is -0.113. The molecule has 1 aromatic heterocycles. The van der Waals surface area contributed by atoms with Crippen molar-refractivity contribution < 1.29 is 14.3 Å². The number of furan rings is 1. The molecule has 2 rings (SSSR count). The smallest absolute Gasteiger partial charge is 0.331 e. The minimum atomic E-state index is -0.933. The van der Waals surface area contributed by atoms with Gasteiger partial charge in [-0.25, -0.2) is 4.79 Å².